The number of hydrogen-bond donors (Lipinski definition) is 0. The van der Waals surface area contributed by atoms with E-state index in [4.69, 9.17) is 9.31 Å². The van der Waals surface area contributed by atoms with Crippen molar-refractivity contribution in [2.75, 3.05) is 0 Å². The maximum atomic E-state index is 6.58. The van der Waals surface area contributed by atoms with Crippen LogP contribution < -0.4 is 0 Å². The van der Waals surface area contributed by atoms with E-state index >= 15 is 0 Å². The molecule has 5 atom stereocenters. The van der Waals surface area contributed by atoms with Crippen LogP contribution in [0.3, 0.4) is 0 Å². The molecule has 1 aliphatic heterocycles. The molecule has 3 saturated carbocycles. The van der Waals surface area contributed by atoms with Gasteiger partial charge < -0.3 is 9.31 Å². The van der Waals surface area contributed by atoms with E-state index in [9.17, 15) is 0 Å². The maximum Gasteiger partial charge on any atom is 0.461 e. The van der Waals surface area contributed by atoms with Gasteiger partial charge in [-0.15, -0.1) is 0 Å². The summed E-state index contributed by atoms with van der Waals surface area (Å²) in [6, 6.07) is 8.79. The second-order valence-electron chi connectivity index (χ2n) is 9.01. The Labute approximate surface area is 141 Å². The van der Waals surface area contributed by atoms with Gasteiger partial charge in [-0.3, -0.25) is 0 Å². The van der Waals surface area contributed by atoms with E-state index in [-0.39, 0.29) is 12.7 Å². The molecule has 3 heteroatoms. The predicted octanol–water partition coefficient (Wildman–Crippen LogP) is 4.66. The molecule has 1 heterocycles. The molecule has 3 aliphatic carbocycles. The van der Waals surface area contributed by atoms with Crippen LogP contribution in [-0.4, -0.2) is 18.8 Å². The summed E-state index contributed by atoms with van der Waals surface area (Å²) in [6.45, 7) is 11.6. The van der Waals surface area contributed by atoms with Crippen LogP contribution in [0.1, 0.15) is 51.7 Å². The third kappa shape index (κ3) is 2.31. The quantitative estimate of drug-likeness (QED) is 0.756. The first-order chi connectivity index (χ1) is 10.8. The van der Waals surface area contributed by atoms with Gasteiger partial charge in [0.05, 0.1) is 11.7 Å². The van der Waals surface area contributed by atoms with Crippen LogP contribution >= 0.6 is 0 Å². The molecular formula is C20H29BO2. The Morgan fingerprint density at radius 2 is 2.04 bits per heavy atom. The monoisotopic (exact) mass is 312 g/mol. The SMILES string of the molecule is Cc1cccc(C[C@@H](C)B2OC3CC4CC(C4(C)C)[C@]3(C)O2)c1. The fraction of sp³-hybridized carbons (Fsp3) is 0.700. The largest absolute Gasteiger partial charge is 0.461 e. The smallest absolute Gasteiger partial charge is 0.405 e. The third-order valence-corrected chi connectivity index (χ3v) is 7.07. The molecule has 0 aromatic heterocycles. The summed E-state index contributed by atoms with van der Waals surface area (Å²) in [5.41, 5.74) is 3.05. The Bertz CT molecular complexity index is 613. The van der Waals surface area contributed by atoms with E-state index in [1.165, 1.54) is 24.0 Å². The molecule has 5 rings (SSSR count). The molecule has 124 valence electrons. The number of benzene rings is 1. The van der Waals surface area contributed by atoms with E-state index < -0.39 is 0 Å². The lowest BCUT2D eigenvalue weighted by molar-refractivity contribution is -0.199. The Hall–Kier alpha value is -0.795. The third-order valence-electron chi connectivity index (χ3n) is 7.07. The highest BCUT2D eigenvalue weighted by molar-refractivity contribution is 6.47. The van der Waals surface area contributed by atoms with Crippen LogP contribution in [0, 0.1) is 24.2 Å². The number of aryl methyl sites for hydroxylation is 1. The lowest BCUT2D eigenvalue weighted by Crippen LogP contribution is -2.65. The summed E-state index contributed by atoms with van der Waals surface area (Å²) < 4.78 is 13.0. The number of rotatable bonds is 3. The van der Waals surface area contributed by atoms with Crippen LogP contribution in [0.5, 0.6) is 0 Å². The van der Waals surface area contributed by atoms with Crippen molar-refractivity contribution in [3.8, 4) is 0 Å². The zero-order valence-electron chi connectivity index (χ0n) is 15.1. The molecule has 3 unspecified atom stereocenters. The van der Waals surface area contributed by atoms with Gasteiger partial charge in [0.2, 0.25) is 0 Å². The molecule has 0 amide bonds. The molecule has 1 saturated heterocycles. The van der Waals surface area contributed by atoms with Gasteiger partial charge in [-0.1, -0.05) is 50.6 Å². The van der Waals surface area contributed by atoms with Crippen molar-refractivity contribution in [3.05, 3.63) is 35.4 Å². The van der Waals surface area contributed by atoms with E-state index in [1.807, 2.05) is 0 Å². The predicted molar refractivity (Wildman–Crippen MR) is 94.4 cm³/mol. The maximum absolute atomic E-state index is 6.58. The lowest BCUT2D eigenvalue weighted by atomic mass is 9.43. The zero-order valence-corrected chi connectivity index (χ0v) is 15.1. The van der Waals surface area contributed by atoms with Crippen LogP contribution in [0.15, 0.2) is 24.3 Å². The van der Waals surface area contributed by atoms with Gasteiger partial charge in [-0.05, 0) is 61.7 Å². The fourth-order valence-electron chi connectivity index (χ4n) is 5.45. The highest BCUT2D eigenvalue weighted by Crippen LogP contribution is 2.66. The molecule has 4 fully saturated rings. The van der Waals surface area contributed by atoms with E-state index in [2.05, 4.69) is 58.9 Å². The zero-order chi connectivity index (χ0) is 16.4. The van der Waals surface area contributed by atoms with Gasteiger partial charge >= 0.3 is 7.12 Å². The molecule has 0 spiro atoms. The van der Waals surface area contributed by atoms with Crippen molar-refractivity contribution < 1.29 is 9.31 Å². The second kappa shape index (κ2) is 5.10. The van der Waals surface area contributed by atoms with Crippen molar-refractivity contribution >= 4 is 7.12 Å². The Morgan fingerprint density at radius 1 is 1.26 bits per heavy atom. The fourth-order valence-corrected chi connectivity index (χ4v) is 5.45. The average molecular weight is 312 g/mol. The molecule has 1 aromatic rings. The van der Waals surface area contributed by atoms with Gasteiger partial charge in [0.25, 0.3) is 0 Å². The first-order valence-corrected chi connectivity index (χ1v) is 9.19. The van der Waals surface area contributed by atoms with Crippen LogP contribution in [0.2, 0.25) is 5.82 Å². The Morgan fingerprint density at radius 3 is 2.74 bits per heavy atom. The lowest BCUT2D eigenvalue weighted by Gasteiger charge is -2.64. The molecule has 4 aliphatic rings. The first-order valence-electron chi connectivity index (χ1n) is 9.19. The van der Waals surface area contributed by atoms with Crippen molar-refractivity contribution in [1.29, 1.82) is 0 Å². The van der Waals surface area contributed by atoms with E-state index in [0.29, 0.717) is 23.3 Å². The average Bonchev–Trinajstić information content (AvgIpc) is 2.84. The van der Waals surface area contributed by atoms with Crippen molar-refractivity contribution in [2.45, 2.75) is 71.4 Å². The summed E-state index contributed by atoms with van der Waals surface area (Å²) in [5.74, 6) is 1.86. The highest BCUT2D eigenvalue weighted by Gasteiger charge is 2.68. The summed E-state index contributed by atoms with van der Waals surface area (Å²) in [5, 5.41) is 0. The number of hydrogen-bond acceptors (Lipinski definition) is 2. The molecule has 2 nitrogen and oxygen atoms in total. The summed E-state index contributed by atoms with van der Waals surface area (Å²) in [4.78, 5) is 0. The topological polar surface area (TPSA) is 18.5 Å². The molecule has 23 heavy (non-hydrogen) atoms. The molecule has 0 N–H and O–H groups in total. The molecule has 0 radical (unpaired) electrons. The molecule has 1 aromatic carbocycles. The minimum absolute atomic E-state index is 0.0549. The van der Waals surface area contributed by atoms with Crippen LogP contribution in [0.25, 0.3) is 0 Å². The normalized spacial score (nSPS) is 38.8. The Kier molecular flexibility index (Phi) is 3.48. The summed E-state index contributed by atoms with van der Waals surface area (Å²) in [7, 11) is -0.0549. The summed E-state index contributed by atoms with van der Waals surface area (Å²) >= 11 is 0. The summed E-state index contributed by atoms with van der Waals surface area (Å²) in [6.07, 6.45) is 3.81. The Balaban J connectivity index is 1.48. The molecule has 2 bridgehead atoms. The minimum Gasteiger partial charge on any atom is -0.405 e. The van der Waals surface area contributed by atoms with Crippen LogP contribution in [0.4, 0.5) is 0 Å². The van der Waals surface area contributed by atoms with E-state index in [1.54, 1.807) is 0 Å². The van der Waals surface area contributed by atoms with Crippen molar-refractivity contribution in [1.82, 2.24) is 0 Å². The minimum atomic E-state index is -0.0796. The standard InChI is InChI=1S/C20H29BO2/c1-13-7-6-8-15(9-13)10-14(2)21-22-18-12-16-11-17(19(16,3)4)20(18,5)23-21/h6-9,14,16-18H,10-12H2,1-5H3/t14-,16?,17?,18?,20+/m1/s1. The highest BCUT2D eigenvalue weighted by atomic mass is 16.7. The van der Waals surface area contributed by atoms with Gasteiger partial charge in [0, 0.05) is 0 Å². The van der Waals surface area contributed by atoms with Gasteiger partial charge in [0.15, 0.2) is 0 Å². The van der Waals surface area contributed by atoms with Crippen molar-refractivity contribution in [3.63, 3.8) is 0 Å². The van der Waals surface area contributed by atoms with Gasteiger partial charge in [-0.25, -0.2) is 0 Å². The molecular weight excluding hydrogens is 283 g/mol. The van der Waals surface area contributed by atoms with Gasteiger partial charge in [-0.2, -0.15) is 0 Å². The first kappa shape index (κ1) is 15.7. The van der Waals surface area contributed by atoms with E-state index in [0.717, 1.165) is 12.3 Å². The van der Waals surface area contributed by atoms with Crippen LogP contribution in [-0.2, 0) is 15.7 Å². The second-order valence-corrected chi connectivity index (χ2v) is 9.01. The van der Waals surface area contributed by atoms with Gasteiger partial charge in [0.1, 0.15) is 0 Å². The van der Waals surface area contributed by atoms with Crippen molar-refractivity contribution in [2.24, 2.45) is 17.3 Å².